The first-order chi connectivity index (χ1) is 8.43. The van der Waals surface area contributed by atoms with E-state index in [2.05, 4.69) is 19.2 Å². The van der Waals surface area contributed by atoms with Crippen molar-refractivity contribution in [3.63, 3.8) is 0 Å². The fourth-order valence-electron chi connectivity index (χ4n) is 1.81. The third kappa shape index (κ3) is 3.95. The number of nitrogens with two attached hydrogens (primary N) is 1. The van der Waals surface area contributed by atoms with E-state index in [0.717, 1.165) is 11.3 Å². The molecule has 3 N–H and O–H groups in total. The number of methoxy groups -OCH3 is 1. The van der Waals surface area contributed by atoms with Crippen LogP contribution in [0.15, 0.2) is 18.2 Å². The van der Waals surface area contributed by atoms with Crippen molar-refractivity contribution in [3.8, 4) is 0 Å². The Balaban J connectivity index is 2.88. The van der Waals surface area contributed by atoms with Gasteiger partial charge in [0.25, 0.3) is 0 Å². The fraction of sp³-hybridized carbons (Fsp3) is 0.500. The van der Waals surface area contributed by atoms with E-state index in [0.29, 0.717) is 18.0 Å². The molecule has 4 heteroatoms. The van der Waals surface area contributed by atoms with Crippen LogP contribution in [0, 0.1) is 12.8 Å². The largest absolute Gasteiger partial charge is 0.467 e. The summed E-state index contributed by atoms with van der Waals surface area (Å²) in [5, 5.41) is 3.17. The predicted molar refractivity (Wildman–Crippen MR) is 74.5 cm³/mol. The Labute approximate surface area is 109 Å². The maximum Gasteiger partial charge on any atom is 0.328 e. The van der Waals surface area contributed by atoms with Crippen LogP contribution in [0.5, 0.6) is 0 Å². The first kappa shape index (κ1) is 14.4. The second-order valence-corrected chi connectivity index (χ2v) is 4.94. The van der Waals surface area contributed by atoms with Gasteiger partial charge in [0.2, 0.25) is 0 Å². The van der Waals surface area contributed by atoms with Gasteiger partial charge < -0.3 is 15.8 Å². The summed E-state index contributed by atoms with van der Waals surface area (Å²) in [6.07, 6.45) is 0.708. The lowest BCUT2D eigenvalue weighted by Crippen LogP contribution is -2.32. The van der Waals surface area contributed by atoms with Crippen LogP contribution in [0.4, 0.5) is 11.4 Å². The van der Waals surface area contributed by atoms with Crippen LogP contribution in [0.3, 0.4) is 0 Å². The number of hydrogen-bond acceptors (Lipinski definition) is 4. The highest BCUT2D eigenvalue weighted by Gasteiger charge is 2.20. The Morgan fingerprint density at radius 2 is 2.11 bits per heavy atom. The van der Waals surface area contributed by atoms with Crippen LogP contribution < -0.4 is 11.1 Å². The van der Waals surface area contributed by atoms with Crippen LogP contribution >= 0.6 is 0 Å². The van der Waals surface area contributed by atoms with Gasteiger partial charge in [0.1, 0.15) is 6.04 Å². The monoisotopic (exact) mass is 250 g/mol. The molecule has 0 aliphatic heterocycles. The van der Waals surface area contributed by atoms with E-state index >= 15 is 0 Å². The lowest BCUT2D eigenvalue weighted by Gasteiger charge is -2.20. The maximum atomic E-state index is 11.7. The molecule has 0 aromatic heterocycles. The van der Waals surface area contributed by atoms with Crippen molar-refractivity contribution in [2.45, 2.75) is 33.2 Å². The highest BCUT2D eigenvalue weighted by molar-refractivity contribution is 5.81. The molecule has 0 fully saturated rings. The number of ether oxygens (including phenoxy) is 1. The number of carbonyl (C=O) groups excluding carboxylic acids is 1. The van der Waals surface area contributed by atoms with Gasteiger partial charge in [0, 0.05) is 0 Å². The van der Waals surface area contributed by atoms with Crippen molar-refractivity contribution in [1.29, 1.82) is 0 Å². The Hall–Kier alpha value is -1.71. The Morgan fingerprint density at radius 1 is 1.44 bits per heavy atom. The molecule has 0 saturated heterocycles. The number of carbonyl (C=O) groups is 1. The number of benzene rings is 1. The minimum Gasteiger partial charge on any atom is -0.467 e. The molecule has 1 atom stereocenters. The Bertz CT molecular complexity index is 416. The maximum absolute atomic E-state index is 11.7. The highest BCUT2D eigenvalue weighted by Crippen LogP contribution is 2.22. The Morgan fingerprint density at radius 3 is 2.67 bits per heavy atom. The zero-order chi connectivity index (χ0) is 13.7. The van der Waals surface area contributed by atoms with E-state index in [1.54, 1.807) is 0 Å². The molecule has 0 heterocycles. The summed E-state index contributed by atoms with van der Waals surface area (Å²) < 4.78 is 4.81. The first-order valence-electron chi connectivity index (χ1n) is 6.14. The number of nitrogen functional groups attached to an aromatic ring is 1. The van der Waals surface area contributed by atoms with Crippen LogP contribution in [0.25, 0.3) is 0 Å². The molecule has 100 valence electrons. The van der Waals surface area contributed by atoms with Gasteiger partial charge in [-0.1, -0.05) is 19.9 Å². The lowest BCUT2D eigenvalue weighted by atomic mass is 10.0. The average Bonchev–Trinajstić information content (AvgIpc) is 2.31. The van der Waals surface area contributed by atoms with E-state index in [1.165, 1.54) is 7.11 Å². The van der Waals surface area contributed by atoms with E-state index < -0.39 is 0 Å². The molecule has 1 unspecified atom stereocenters. The number of esters is 1. The van der Waals surface area contributed by atoms with E-state index in [1.807, 2.05) is 25.1 Å². The molecule has 1 rings (SSSR count). The Kier molecular flexibility index (Phi) is 5.01. The molecule has 18 heavy (non-hydrogen) atoms. The molecule has 0 saturated carbocycles. The molecule has 0 amide bonds. The van der Waals surface area contributed by atoms with Crippen molar-refractivity contribution in [2.75, 3.05) is 18.2 Å². The van der Waals surface area contributed by atoms with Gasteiger partial charge in [-0.2, -0.15) is 0 Å². The topological polar surface area (TPSA) is 64.3 Å². The smallest absolute Gasteiger partial charge is 0.328 e. The molecule has 0 spiro atoms. The zero-order valence-electron chi connectivity index (χ0n) is 11.5. The van der Waals surface area contributed by atoms with E-state index in [-0.39, 0.29) is 12.0 Å². The SMILES string of the molecule is COC(=O)C(CC(C)C)Nc1cc(C)ccc1N. The third-order valence-corrected chi connectivity index (χ3v) is 2.73. The first-order valence-corrected chi connectivity index (χ1v) is 6.14. The second-order valence-electron chi connectivity index (χ2n) is 4.94. The van der Waals surface area contributed by atoms with Crippen LogP contribution in [-0.2, 0) is 9.53 Å². The van der Waals surface area contributed by atoms with Crippen LogP contribution in [0.1, 0.15) is 25.8 Å². The summed E-state index contributed by atoms with van der Waals surface area (Å²) in [6, 6.07) is 5.35. The van der Waals surface area contributed by atoms with Crippen molar-refractivity contribution in [3.05, 3.63) is 23.8 Å². The van der Waals surface area contributed by atoms with Gasteiger partial charge in [-0.15, -0.1) is 0 Å². The van der Waals surface area contributed by atoms with Gasteiger partial charge >= 0.3 is 5.97 Å². The average molecular weight is 250 g/mol. The highest BCUT2D eigenvalue weighted by atomic mass is 16.5. The number of aryl methyl sites for hydroxylation is 1. The van der Waals surface area contributed by atoms with Gasteiger partial charge in [-0.25, -0.2) is 4.79 Å². The number of anilines is 2. The van der Waals surface area contributed by atoms with Crippen LogP contribution in [-0.4, -0.2) is 19.1 Å². The molecular formula is C14H22N2O2. The molecule has 0 radical (unpaired) electrons. The van der Waals surface area contributed by atoms with Crippen LogP contribution in [0.2, 0.25) is 0 Å². The summed E-state index contributed by atoms with van der Waals surface area (Å²) in [7, 11) is 1.40. The number of nitrogens with one attached hydrogen (secondary N) is 1. The van der Waals surface area contributed by atoms with Gasteiger partial charge in [-0.3, -0.25) is 0 Å². The summed E-state index contributed by atoms with van der Waals surface area (Å²) in [4.78, 5) is 11.7. The molecule has 0 aliphatic rings. The summed E-state index contributed by atoms with van der Waals surface area (Å²) in [5.74, 6) is 0.136. The van der Waals surface area contributed by atoms with Gasteiger partial charge in [-0.05, 0) is 37.0 Å². The summed E-state index contributed by atoms with van der Waals surface area (Å²) >= 11 is 0. The van der Waals surface area contributed by atoms with E-state index in [9.17, 15) is 4.79 Å². The van der Waals surface area contributed by atoms with Crippen molar-refractivity contribution in [1.82, 2.24) is 0 Å². The van der Waals surface area contributed by atoms with Crippen molar-refractivity contribution >= 4 is 17.3 Å². The molecule has 0 aliphatic carbocycles. The number of hydrogen-bond donors (Lipinski definition) is 2. The van der Waals surface area contributed by atoms with Gasteiger partial charge in [0.15, 0.2) is 0 Å². The minimum absolute atomic E-state index is 0.260. The summed E-state index contributed by atoms with van der Waals surface area (Å²) in [6.45, 7) is 6.12. The molecular weight excluding hydrogens is 228 g/mol. The fourth-order valence-corrected chi connectivity index (χ4v) is 1.81. The van der Waals surface area contributed by atoms with Crippen molar-refractivity contribution in [2.24, 2.45) is 5.92 Å². The standard InChI is InChI=1S/C14H22N2O2/c1-9(2)7-13(14(17)18-4)16-12-8-10(3)5-6-11(12)15/h5-6,8-9,13,16H,7,15H2,1-4H3. The predicted octanol–water partition coefficient (Wildman–Crippen LogP) is 2.58. The molecule has 1 aromatic carbocycles. The lowest BCUT2D eigenvalue weighted by molar-refractivity contribution is -0.141. The quantitative estimate of drug-likeness (QED) is 0.622. The molecule has 1 aromatic rings. The zero-order valence-corrected chi connectivity index (χ0v) is 11.5. The van der Waals surface area contributed by atoms with E-state index in [4.69, 9.17) is 10.5 Å². The second kappa shape index (κ2) is 6.28. The minimum atomic E-state index is -0.362. The number of rotatable bonds is 5. The summed E-state index contributed by atoms with van der Waals surface area (Å²) in [5.41, 5.74) is 8.41. The third-order valence-electron chi connectivity index (χ3n) is 2.73. The van der Waals surface area contributed by atoms with Crippen molar-refractivity contribution < 1.29 is 9.53 Å². The normalized spacial score (nSPS) is 12.3. The molecule has 0 bridgehead atoms. The molecule has 4 nitrogen and oxygen atoms in total. The van der Waals surface area contributed by atoms with Gasteiger partial charge in [0.05, 0.1) is 18.5 Å².